The highest BCUT2D eigenvalue weighted by atomic mass is 35.5. The second-order valence-electron chi connectivity index (χ2n) is 5.91. The van der Waals surface area contributed by atoms with Crippen molar-refractivity contribution in [3.05, 3.63) is 88.4 Å². The molecule has 0 radical (unpaired) electrons. The van der Waals surface area contributed by atoms with E-state index in [1.165, 1.54) is 0 Å². The quantitative estimate of drug-likeness (QED) is 0.675. The number of benzene rings is 3. The van der Waals surface area contributed by atoms with Gasteiger partial charge in [0, 0.05) is 21.7 Å². The zero-order chi connectivity index (χ0) is 18.8. The van der Waals surface area contributed by atoms with E-state index in [1.54, 1.807) is 60.7 Å². The highest BCUT2D eigenvalue weighted by Gasteiger charge is 2.19. The molecule has 1 N–H and O–H groups in total. The summed E-state index contributed by atoms with van der Waals surface area (Å²) in [6.07, 6.45) is 0. The van der Waals surface area contributed by atoms with Gasteiger partial charge in [0.05, 0.1) is 5.69 Å². The maximum absolute atomic E-state index is 12.8. The summed E-state index contributed by atoms with van der Waals surface area (Å²) < 4.78 is 10.6. The summed E-state index contributed by atoms with van der Waals surface area (Å²) in [6.45, 7) is 0.132. The van der Waals surface area contributed by atoms with Gasteiger partial charge in [-0.25, -0.2) is 0 Å². The second-order valence-corrected chi connectivity index (χ2v) is 6.34. The topological polar surface area (TPSA) is 64.6 Å². The Morgan fingerprint density at radius 1 is 0.852 bits per heavy atom. The Kier molecular flexibility index (Phi) is 4.52. The summed E-state index contributed by atoms with van der Waals surface area (Å²) in [4.78, 5) is 25.5. The van der Waals surface area contributed by atoms with E-state index in [2.05, 4.69) is 5.32 Å². The first-order valence-corrected chi connectivity index (χ1v) is 8.60. The minimum atomic E-state index is -0.363. The fourth-order valence-electron chi connectivity index (χ4n) is 2.79. The van der Waals surface area contributed by atoms with E-state index < -0.39 is 0 Å². The van der Waals surface area contributed by atoms with Crippen LogP contribution in [0.4, 0.5) is 5.69 Å². The van der Waals surface area contributed by atoms with Crippen LogP contribution in [0.5, 0.6) is 11.5 Å². The Balaban J connectivity index is 1.64. The van der Waals surface area contributed by atoms with Gasteiger partial charge in [0.15, 0.2) is 17.3 Å². The predicted molar refractivity (Wildman–Crippen MR) is 102 cm³/mol. The zero-order valence-corrected chi connectivity index (χ0v) is 14.8. The number of ketones is 1. The Labute approximate surface area is 160 Å². The van der Waals surface area contributed by atoms with E-state index in [4.69, 9.17) is 21.1 Å². The first kappa shape index (κ1) is 17.1. The molecule has 5 nitrogen and oxygen atoms in total. The van der Waals surface area contributed by atoms with E-state index in [0.717, 1.165) is 0 Å². The SMILES string of the molecule is O=C(Nc1ccc(Cl)cc1C(=O)c1ccccc1)c1ccc2c(c1)OCO2. The molecule has 3 aromatic carbocycles. The van der Waals surface area contributed by atoms with Gasteiger partial charge in [0.25, 0.3) is 5.91 Å². The first-order valence-electron chi connectivity index (χ1n) is 8.22. The lowest BCUT2D eigenvalue weighted by Gasteiger charge is -2.11. The molecule has 1 aliphatic rings. The molecule has 1 amide bonds. The highest BCUT2D eigenvalue weighted by molar-refractivity contribution is 6.31. The van der Waals surface area contributed by atoms with E-state index in [0.29, 0.717) is 38.9 Å². The minimum absolute atomic E-state index is 0.132. The molecule has 0 atom stereocenters. The van der Waals surface area contributed by atoms with Crippen molar-refractivity contribution in [1.82, 2.24) is 0 Å². The number of amides is 1. The van der Waals surface area contributed by atoms with Gasteiger partial charge in [-0.05, 0) is 36.4 Å². The van der Waals surface area contributed by atoms with Gasteiger partial charge in [-0.15, -0.1) is 0 Å². The van der Waals surface area contributed by atoms with Crippen molar-refractivity contribution in [2.45, 2.75) is 0 Å². The summed E-state index contributed by atoms with van der Waals surface area (Å²) in [6, 6.07) is 18.5. The molecule has 1 heterocycles. The first-order chi connectivity index (χ1) is 13.1. The smallest absolute Gasteiger partial charge is 0.255 e. The molecule has 0 aliphatic carbocycles. The Bertz CT molecular complexity index is 1030. The van der Waals surface area contributed by atoms with Crippen LogP contribution in [0.15, 0.2) is 66.7 Å². The lowest BCUT2D eigenvalue weighted by Crippen LogP contribution is -2.15. The van der Waals surface area contributed by atoms with Crippen LogP contribution < -0.4 is 14.8 Å². The van der Waals surface area contributed by atoms with Crippen LogP contribution in [0.25, 0.3) is 0 Å². The molecule has 1 aliphatic heterocycles. The van der Waals surface area contributed by atoms with Crippen LogP contribution in [-0.2, 0) is 0 Å². The summed E-state index contributed by atoms with van der Waals surface area (Å²) in [5, 5.41) is 3.19. The molecule has 0 saturated heterocycles. The molecule has 0 aromatic heterocycles. The fraction of sp³-hybridized carbons (Fsp3) is 0.0476. The van der Waals surface area contributed by atoms with Crippen molar-refractivity contribution < 1.29 is 19.1 Å². The molecule has 0 saturated carbocycles. The molecule has 6 heteroatoms. The van der Waals surface area contributed by atoms with Crippen LogP contribution >= 0.6 is 11.6 Å². The Morgan fingerprint density at radius 3 is 2.44 bits per heavy atom. The number of halogens is 1. The van der Waals surface area contributed by atoms with Gasteiger partial charge in [0.1, 0.15) is 0 Å². The van der Waals surface area contributed by atoms with Crippen LogP contribution in [0.2, 0.25) is 5.02 Å². The van der Waals surface area contributed by atoms with Crippen LogP contribution in [0.1, 0.15) is 26.3 Å². The molecule has 4 rings (SSSR count). The summed E-state index contributed by atoms with van der Waals surface area (Å²) in [5.41, 5.74) is 1.62. The van der Waals surface area contributed by atoms with Crippen LogP contribution in [0, 0.1) is 0 Å². The van der Waals surface area contributed by atoms with Crippen LogP contribution in [0.3, 0.4) is 0 Å². The largest absolute Gasteiger partial charge is 0.454 e. The summed E-state index contributed by atoms with van der Waals surface area (Å²) in [5.74, 6) is 0.522. The van der Waals surface area contributed by atoms with Crippen molar-refractivity contribution in [3.8, 4) is 11.5 Å². The maximum Gasteiger partial charge on any atom is 0.255 e. The number of carbonyl (C=O) groups excluding carboxylic acids is 2. The minimum Gasteiger partial charge on any atom is -0.454 e. The third-order valence-corrected chi connectivity index (χ3v) is 4.38. The van der Waals surface area contributed by atoms with E-state index in [-0.39, 0.29) is 18.5 Å². The molecule has 27 heavy (non-hydrogen) atoms. The molecule has 0 spiro atoms. The maximum atomic E-state index is 12.8. The van der Waals surface area contributed by atoms with Gasteiger partial charge in [-0.2, -0.15) is 0 Å². The summed E-state index contributed by atoms with van der Waals surface area (Å²) >= 11 is 6.07. The monoisotopic (exact) mass is 379 g/mol. The number of hydrogen-bond acceptors (Lipinski definition) is 4. The van der Waals surface area contributed by atoms with Crippen molar-refractivity contribution in [2.24, 2.45) is 0 Å². The highest BCUT2D eigenvalue weighted by Crippen LogP contribution is 2.33. The number of anilines is 1. The number of rotatable bonds is 4. The molecule has 0 fully saturated rings. The standard InChI is InChI=1S/C21H14ClNO4/c22-15-7-8-17(16(11-15)20(24)13-4-2-1-3-5-13)23-21(25)14-6-9-18-19(10-14)27-12-26-18/h1-11H,12H2,(H,23,25). The molecular formula is C21H14ClNO4. The van der Waals surface area contributed by atoms with Gasteiger partial charge < -0.3 is 14.8 Å². The molecule has 3 aromatic rings. The van der Waals surface area contributed by atoms with Gasteiger partial charge in [0.2, 0.25) is 6.79 Å². The van der Waals surface area contributed by atoms with Crippen molar-refractivity contribution in [2.75, 3.05) is 12.1 Å². The van der Waals surface area contributed by atoms with Crippen molar-refractivity contribution >= 4 is 29.0 Å². The van der Waals surface area contributed by atoms with Crippen molar-refractivity contribution in [1.29, 1.82) is 0 Å². The van der Waals surface area contributed by atoms with Crippen molar-refractivity contribution in [3.63, 3.8) is 0 Å². The van der Waals surface area contributed by atoms with Crippen LogP contribution in [-0.4, -0.2) is 18.5 Å². The molecule has 0 bridgehead atoms. The lowest BCUT2D eigenvalue weighted by molar-refractivity contribution is 0.102. The number of nitrogens with one attached hydrogen (secondary N) is 1. The van der Waals surface area contributed by atoms with E-state index in [1.807, 2.05) is 6.07 Å². The van der Waals surface area contributed by atoms with E-state index in [9.17, 15) is 9.59 Å². The predicted octanol–water partition coefficient (Wildman–Crippen LogP) is 4.55. The molecule has 134 valence electrons. The average Bonchev–Trinajstić information content (AvgIpc) is 3.17. The fourth-order valence-corrected chi connectivity index (χ4v) is 2.96. The number of ether oxygens (including phenoxy) is 2. The Morgan fingerprint density at radius 2 is 1.63 bits per heavy atom. The normalized spacial score (nSPS) is 11.9. The Hall–Kier alpha value is -3.31. The lowest BCUT2D eigenvalue weighted by atomic mass is 10.0. The molecule has 0 unspecified atom stereocenters. The molecular weight excluding hydrogens is 366 g/mol. The second kappa shape index (κ2) is 7.13. The third-order valence-electron chi connectivity index (χ3n) is 4.15. The van der Waals surface area contributed by atoms with E-state index >= 15 is 0 Å². The summed E-state index contributed by atoms with van der Waals surface area (Å²) in [7, 11) is 0. The number of fused-ring (bicyclic) bond motifs is 1. The number of hydrogen-bond donors (Lipinski definition) is 1. The van der Waals surface area contributed by atoms with Gasteiger partial charge in [-0.1, -0.05) is 41.9 Å². The third kappa shape index (κ3) is 3.50. The average molecular weight is 380 g/mol. The van der Waals surface area contributed by atoms with Gasteiger partial charge in [-0.3, -0.25) is 9.59 Å². The number of carbonyl (C=O) groups is 2. The van der Waals surface area contributed by atoms with Gasteiger partial charge >= 0.3 is 0 Å². The zero-order valence-electron chi connectivity index (χ0n) is 14.1.